The zero-order chi connectivity index (χ0) is 13.1. The number of hydrogen-bond donors (Lipinski definition) is 0. The molecule has 0 fully saturated rings. The van der Waals surface area contributed by atoms with Crippen LogP contribution in [0.3, 0.4) is 0 Å². The second-order valence-corrected chi connectivity index (χ2v) is 4.80. The average Bonchev–Trinajstić information content (AvgIpc) is 2.33. The molecule has 2 rings (SSSR count). The number of rotatable bonds is 2. The van der Waals surface area contributed by atoms with Gasteiger partial charge < -0.3 is 0 Å². The molecule has 2 aromatic rings. The standard InChI is InChI=1S/C17H17N/c1-12-4-5-13(2)17(10-12)16-7-6-15(8-9-18)11-14(16)3/h4-7,10-11H,8H2,1-3H3. The summed E-state index contributed by atoms with van der Waals surface area (Å²) in [6, 6.07) is 15.0. The Kier molecular flexibility index (Phi) is 3.48. The second-order valence-electron chi connectivity index (χ2n) is 4.80. The van der Waals surface area contributed by atoms with Crippen molar-refractivity contribution in [1.29, 1.82) is 5.26 Å². The van der Waals surface area contributed by atoms with E-state index < -0.39 is 0 Å². The summed E-state index contributed by atoms with van der Waals surface area (Å²) in [5.41, 5.74) is 7.43. The van der Waals surface area contributed by atoms with E-state index in [4.69, 9.17) is 5.26 Å². The van der Waals surface area contributed by atoms with Gasteiger partial charge >= 0.3 is 0 Å². The summed E-state index contributed by atoms with van der Waals surface area (Å²) in [5.74, 6) is 0. The van der Waals surface area contributed by atoms with Gasteiger partial charge in [0.15, 0.2) is 0 Å². The van der Waals surface area contributed by atoms with Gasteiger partial charge in [0.05, 0.1) is 12.5 Å². The van der Waals surface area contributed by atoms with E-state index in [0.717, 1.165) is 5.56 Å². The first kappa shape index (κ1) is 12.4. The van der Waals surface area contributed by atoms with E-state index in [1.807, 2.05) is 6.07 Å². The van der Waals surface area contributed by atoms with Crippen LogP contribution in [0.15, 0.2) is 36.4 Å². The van der Waals surface area contributed by atoms with Crippen LogP contribution in [0.1, 0.15) is 22.3 Å². The maximum Gasteiger partial charge on any atom is 0.0669 e. The van der Waals surface area contributed by atoms with Crippen LogP contribution in [0.2, 0.25) is 0 Å². The van der Waals surface area contributed by atoms with Crippen molar-refractivity contribution in [1.82, 2.24) is 0 Å². The Morgan fingerprint density at radius 3 is 2.33 bits per heavy atom. The molecule has 18 heavy (non-hydrogen) atoms. The van der Waals surface area contributed by atoms with E-state index >= 15 is 0 Å². The van der Waals surface area contributed by atoms with Gasteiger partial charge in [0.1, 0.15) is 0 Å². The predicted molar refractivity (Wildman–Crippen MR) is 75.4 cm³/mol. The molecule has 0 aliphatic carbocycles. The van der Waals surface area contributed by atoms with Gasteiger partial charge in [-0.1, -0.05) is 42.0 Å². The minimum atomic E-state index is 0.480. The van der Waals surface area contributed by atoms with Crippen molar-refractivity contribution in [3.63, 3.8) is 0 Å². The van der Waals surface area contributed by atoms with Gasteiger partial charge in [0, 0.05) is 0 Å². The third kappa shape index (κ3) is 2.43. The molecular formula is C17H17N. The minimum Gasteiger partial charge on any atom is -0.198 e. The van der Waals surface area contributed by atoms with E-state index in [1.165, 1.54) is 27.8 Å². The second kappa shape index (κ2) is 5.06. The zero-order valence-corrected chi connectivity index (χ0v) is 11.1. The fourth-order valence-corrected chi connectivity index (χ4v) is 2.26. The number of nitrogens with zero attached hydrogens (tertiary/aromatic N) is 1. The maximum atomic E-state index is 8.73. The van der Waals surface area contributed by atoms with Gasteiger partial charge in [0.2, 0.25) is 0 Å². The van der Waals surface area contributed by atoms with Crippen LogP contribution in [0.25, 0.3) is 11.1 Å². The van der Waals surface area contributed by atoms with Crippen molar-refractivity contribution in [2.75, 3.05) is 0 Å². The molecule has 0 saturated carbocycles. The number of benzene rings is 2. The molecule has 90 valence electrons. The first-order valence-electron chi connectivity index (χ1n) is 6.16. The largest absolute Gasteiger partial charge is 0.198 e. The Balaban J connectivity index is 2.51. The summed E-state index contributed by atoms with van der Waals surface area (Å²) in [6.45, 7) is 6.36. The molecule has 0 bridgehead atoms. The summed E-state index contributed by atoms with van der Waals surface area (Å²) in [5, 5.41) is 8.73. The molecule has 0 aromatic heterocycles. The topological polar surface area (TPSA) is 23.8 Å². The smallest absolute Gasteiger partial charge is 0.0669 e. The van der Waals surface area contributed by atoms with Crippen molar-refractivity contribution < 1.29 is 0 Å². The Bertz CT molecular complexity index is 618. The predicted octanol–water partition coefficient (Wildman–Crippen LogP) is 4.34. The molecule has 0 radical (unpaired) electrons. The molecule has 0 aliphatic heterocycles. The van der Waals surface area contributed by atoms with Crippen molar-refractivity contribution in [3.05, 3.63) is 58.7 Å². The number of hydrogen-bond acceptors (Lipinski definition) is 1. The van der Waals surface area contributed by atoms with Crippen molar-refractivity contribution in [3.8, 4) is 17.2 Å². The molecule has 0 atom stereocenters. The van der Waals surface area contributed by atoms with Crippen LogP contribution in [0, 0.1) is 32.1 Å². The van der Waals surface area contributed by atoms with Gasteiger partial charge in [-0.3, -0.25) is 0 Å². The lowest BCUT2D eigenvalue weighted by molar-refractivity contribution is 1.24. The molecule has 1 heteroatoms. The summed E-state index contributed by atoms with van der Waals surface area (Å²) >= 11 is 0. The molecule has 1 nitrogen and oxygen atoms in total. The highest BCUT2D eigenvalue weighted by Crippen LogP contribution is 2.28. The first-order valence-corrected chi connectivity index (χ1v) is 6.16. The van der Waals surface area contributed by atoms with Crippen LogP contribution in [-0.2, 0) is 6.42 Å². The third-order valence-corrected chi connectivity index (χ3v) is 3.26. The van der Waals surface area contributed by atoms with Gasteiger partial charge in [-0.2, -0.15) is 5.26 Å². The van der Waals surface area contributed by atoms with Crippen LogP contribution < -0.4 is 0 Å². The lowest BCUT2D eigenvalue weighted by Gasteiger charge is -2.11. The van der Waals surface area contributed by atoms with Crippen molar-refractivity contribution in [2.45, 2.75) is 27.2 Å². The molecule has 0 amide bonds. The average molecular weight is 235 g/mol. The van der Waals surface area contributed by atoms with E-state index in [0.29, 0.717) is 6.42 Å². The van der Waals surface area contributed by atoms with E-state index in [9.17, 15) is 0 Å². The molecule has 0 saturated heterocycles. The Morgan fingerprint density at radius 1 is 0.889 bits per heavy atom. The maximum absolute atomic E-state index is 8.73. The molecule has 0 heterocycles. The minimum absolute atomic E-state index is 0.480. The quantitative estimate of drug-likeness (QED) is 0.759. The van der Waals surface area contributed by atoms with E-state index in [-0.39, 0.29) is 0 Å². The highest BCUT2D eigenvalue weighted by Gasteiger charge is 2.06. The molecule has 2 aromatic carbocycles. The van der Waals surface area contributed by atoms with Crippen LogP contribution in [-0.4, -0.2) is 0 Å². The fourth-order valence-electron chi connectivity index (χ4n) is 2.26. The van der Waals surface area contributed by atoms with Crippen LogP contribution in [0.5, 0.6) is 0 Å². The Morgan fingerprint density at radius 2 is 1.67 bits per heavy atom. The normalized spacial score (nSPS) is 10.1. The molecule has 0 aliphatic rings. The Hall–Kier alpha value is -2.07. The first-order chi connectivity index (χ1) is 8.61. The Labute approximate surface area is 109 Å². The van der Waals surface area contributed by atoms with Crippen molar-refractivity contribution in [2.24, 2.45) is 0 Å². The lowest BCUT2D eigenvalue weighted by atomic mass is 9.93. The van der Waals surface area contributed by atoms with Gasteiger partial charge in [-0.25, -0.2) is 0 Å². The summed E-state index contributed by atoms with van der Waals surface area (Å²) in [6.07, 6.45) is 0.480. The molecule has 0 unspecified atom stereocenters. The highest BCUT2D eigenvalue weighted by molar-refractivity contribution is 5.71. The monoisotopic (exact) mass is 235 g/mol. The molecule has 0 spiro atoms. The molecule has 0 N–H and O–H groups in total. The van der Waals surface area contributed by atoms with Crippen LogP contribution >= 0.6 is 0 Å². The summed E-state index contributed by atoms with van der Waals surface area (Å²) < 4.78 is 0. The summed E-state index contributed by atoms with van der Waals surface area (Å²) in [4.78, 5) is 0. The zero-order valence-electron chi connectivity index (χ0n) is 11.1. The number of nitriles is 1. The van der Waals surface area contributed by atoms with E-state index in [2.05, 4.69) is 57.2 Å². The summed E-state index contributed by atoms with van der Waals surface area (Å²) in [7, 11) is 0. The van der Waals surface area contributed by atoms with Gasteiger partial charge in [-0.15, -0.1) is 0 Å². The fraction of sp³-hybridized carbons (Fsp3) is 0.235. The number of aryl methyl sites for hydroxylation is 3. The van der Waals surface area contributed by atoms with Crippen LogP contribution in [0.4, 0.5) is 0 Å². The highest BCUT2D eigenvalue weighted by atomic mass is 14.2. The van der Waals surface area contributed by atoms with Gasteiger partial charge in [0.25, 0.3) is 0 Å². The van der Waals surface area contributed by atoms with Crippen molar-refractivity contribution >= 4 is 0 Å². The molecular weight excluding hydrogens is 218 g/mol. The SMILES string of the molecule is Cc1ccc(C)c(-c2ccc(CC#N)cc2C)c1. The lowest BCUT2D eigenvalue weighted by Crippen LogP contribution is -1.90. The van der Waals surface area contributed by atoms with E-state index in [1.54, 1.807) is 0 Å². The third-order valence-electron chi connectivity index (χ3n) is 3.26. The van der Waals surface area contributed by atoms with Gasteiger partial charge in [-0.05, 0) is 48.6 Å².